The predicted molar refractivity (Wildman–Crippen MR) is 62.2 cm³/mol. The number of hydrogen-bond acceptors (Lipinski definition) is 4. The van der Waals surface area contributed by atoms with Gasteiger partial charge in [-0.25, -0.2) is 4.79 Å². The van der Waals surface area contributed by atoms with Crippen molar-refractivity contribution in [2.45, 2.75) is 0 Å². The fourth-order valence-electron chi connectivity index (χ4n) is 1.01. The molecule has 0 radical (unpaired) electrons. The first-order chi connectivity index (χ1) is 7.52. The van der Waals surface area contributed by atoms with E-state index in [9.17, 15) is 9.90 Å². The van der Waals surface area contributed by atoms with Crippen molar-refractivity contribution in [3.8, 4) is 5.75 Å². The normalized spacial score (nSPS) is 10.9. The standard InChI is InChI=1S/C9H9N3O3S/c10-9(16)12-11-7(8(14)15)5-3-1-2-4-6(5)13/h1-4,13H,(H,14,15)(H3,10,12,16). The second-order valence-electron chi connectivity index (χ2n) is 2.76. The lowest BCUT2D eigenvalue weighted by Gasteiger charge is -2.04. The molecular formula is C9H9N3O3S. The number of benzene rings is 1. The molecule has 0 spiro atoms. The van der Waals surface area contributed by atoms with E-state index in [4.69, 9.17) is 10.8 Å². The van der Waals surface area contributed by atoms with Crippen molar-refractivity contribution < 1.29 is 15.0 Å². The van der Waals surface area contributed by atoms with Gasteiger partial charge in [-0.05, 0) is 24.4 Å². The van der Waals surface area contributed by atoms with E-state index in [0.717, 1.165) is 0 Å². The second kappa shape index (κ2) is 5.08. The van der Waals surface area contributed by atoms with Crippen LogP contribution in [0.4, 0.5) is 0 Å². The Labute approximate surface area is 96.4 Å². The maximum atomic E-state index is 10.9. The maximum Gasteiger partial charge on any atom is 0.357 e. The van der Waals surface area contributed by atoms with Crippen molar-refractivity contribution in [3.63, 3.8) is 0 Å². The summed E-state index contributed by atoms with van der Waals surface area (Å²) in [6.07, 6.45) is 0. The molecule has 84 valence electrons. The Bertz CT molecular complexity index is 459. The third-order valence-electron chi connectivity index (χ3n) is 1.64. The van der Waals surface area contributed by atoms with Crippen molar-refractivity contribution in [1.29, 1.82) is 0 Å². The summed E-state index contributed by atoms with van der Waals surface area (Å²) in [5, 5.41) is 21.7. The van der Waals surface area contributed by atoms with Crippen LogP contribution >= 0.6 is 12.2 Å². The molecule has 0 aromatic heterocycles. The van der Waals surface area contributed by atoms with E-state index in [1.165, 1.54) is 12.1 Å². The zero-order chi connectivity index (χ0) is 12.1. The SMILES string of the molecule is NC(=S)NN=C(C(=O)O)c1ccccc1O. The van der Waals surface area contributed by atoms with E-state index < -0.39 is 5.97 Å². The number of nitrogens with one attached hydrogen (secondary N) is 1. The van der Waals surface area contributed by atoms with Gasteiger partial charge in [0.25, 0.3) is 0 Å². The minimum atomic E-state index is -1.30. The molecule has 1 rings (SSSR count). The number of nitrogens with zero attached hydrogens (tertiary/aromatic N) is 1. The van der Waals surface area contributed by atoms with Crippen LogP contribution in [0.2, 0.25) is 0 Å². The highest BCUT2D eigenvalue weighted by Crippen LogP contribution is 2.16. The molecule has 16 heavy (non-hydrogen) atoms. The van der Waals surface area contributed by atoms with E-state index in [1.54, 1.807) is 12.1 Å². The number of carboxylic acids is 1. The number of rotatable bonds is 3. The maximum absolute atomic E-state index is 10.9. The van der Waals surface area contributed by atoms with E-state index in [-0.39, 0.29) is 22.1 Å². The Balaban J connectivity index is 3.13. The molecule has 1 aromatic rings. The molecule has 0 fully saturated rings. The summed E-state index contributed by atoms with van der Waals surface area (Å²) in [6.45, 7) is 0. The van der Waals surface area contributed by atoms with Gasteiger partial charge in [0, 0.05) is 0 Å². The number of para-hydroxylation sites is 1. The number of phenolic OH excluding ortho intramolecular Hbond substituents is 1. The van der Waals surface area contributed by atoms with Gasteiger partial charge < -0.3 is 15.9 Å². The highest BCUT2D eigenvalue weighted by Gasteiger charge is 2.16. The molecule has 0 bridgehead atoms. The molecule has 1 aromatic carbocycles. The molecule has 0 saturated heterocycles. The highest BCUT2D eigenvalue weighted by molar-refractivity contribution is 7.80. The monoisotopic (exact) mass is 239 g/mol. The number of thiocarbonyl (C=S) groups is 1. The molecule has 0 aliphatic rings. The zero-order valence-corrected chi connectivity index (χ0v) is 8.86. The van der Waals surface area contributed by atoms with E-state index in [0.29, 0.717) is 0 Å². The van der Waals surface area contributed by atoms with Gasteiger partial charge in [0.1, 0.15) is 5.75 Å². The quantitative estimate of drug-likeness (QED) is 0.336. The predicted octanol–water partition coefficient (Wildman–Crippen LogP) is 0.0141. The number of hydrazone groups is 1. The summed E-state index contributed by atoms with van der Waals surface area (Å²) >= 11 is 4.49. The topological polar surface area (TPSA) is 108 Å². The van der Waals surface area contributed by atoms with Crippen LogP contribution in [-0.4, -0.2) is 27.0 Å². The van der Waals surface area contributed by atoms with Gasteiger partial charge in [-0.3, -0.25) is 5.43 Å². The number of phenols is 1. The lowest BCUT2D eigenvalue weighted by molar-refractivity contribution is -0.129. The largest absolute Gasteiger partial charge is 0.507 e. The van der Waals surface area contributed by atoms with Crippen LogP contribution in [0.3, 0.4) is 0 Å². The van der Waals surface area contributed by atoms with Crippen LogP contribution in [0.5, 0.6) is 5.75 Å². The summed E-state index contributed by atoms with van der Waals surface area (Å²) in [6, 6.07) is 5.92. The van der Waals surface area contributed by atoms with Gasteiger partial charge in [-0.15, -0.1) is 0 Å². The summed E-state index contributed by atoms with van der Waals surface area (Å²) < 4.78 is 0. The lowest BCUT2D eigenvalue weighted by atomic mass is 10.1. The third kappa shape index (κ3) is 2.92. The minimum Gasteiger partial charge on any atom is -0.507 e. The number of carbonyl (C=O) groups is 1. The number of aromatic hydroxyl groups is 1. The summed E-state index contributed by atoms with van der Waals surface area (Å²) in [7, 11) is 0. The third-order valence-corrected chi connectivity index (χ3v) is 1.73. The molecule has 0 aliphatic carbocycles. The fraction of sp³-hybridized carbons (Fsp3) is 0. The molecule has 5 N–H and O–H groups in total. The molecule has 0 unspecified atom stereocenters. The van der Waals surface area contributed by atoms with Crippen LogP contribution in [-0.2, 0) is 4.79 Å². The Morgan fingerprint density at radius 3 is 2.56 bits per heavy atom. The Hall–Kier alpha value is -2.15. The molecule has 0 aliphatic heterocycles. The molecule has 6 nitrogen and oxygen atoms in total. The van der Waals surface area contributed by atoms with Crippen LogP contribution in [0.1, 0.15) is 5.56 Å². The molecule has 0 amide bonds. The van der Waals surface area contributed by atoms with Gasteiger partial charge >= 0.3 is 5.97 Å². The molecule has 0 atom stereocenters. The zero-order valence-electron chi connectivity index (χ0n) is 8.04. The average molecular weight is 239 g/mol. The van der Waals surface area contributed by atoms with Gasteiger partial charge in [-0.2, -0.15) is 5.10 Å². The average Bonchev–Trinajstić information content (AvgIpc) is 2.20. The first-order valence-corrected chi connectivity index (χ1v) is 4.58. The van der Waals surface area contributed by atoms with E-state index in [1.807, 2.05) is 0 Å². The molecule has 0 saturated carbocycles. The second-order valence-corrected chi connectivity index (χ2v) is 3.20. The first-order valence-electron chi connectivity index (χ1n) is 4.17. The van der Waals surface area contributed by atoms with Gasteiger partial charge in [0.2, 0.25) is 0 Å². The van der Waals surface area contributed by atoms with Gasteiger partial charge in [0.15, 0.2) is 10.8 Å². The van der Waals surface area contributed by atoms with Crippen LogP contribution < -0.4 is 11.2 Å². The van der Waals surface area contributed by atoms with Crippen molar-refractivity contribution >= 4 is 29.0 Å². The van der Waals surface area contributed by atoms with E-state index >= 15 is 0 Å². The van der Waals surface area contributed by atoms with Crippen LogP contribution in [0, 0.1) is 0 Å². The fourth-order valence-corrected chi connectivity index (χ4v) is 1.05. The number of hydrogen-bond donors (Lipinski definition) is 4. The highest BCUT2D eigenvalue weighted by atomic mass is 32.1. The summed E-state index contributed by atoms with van der Waals surface area (Å²) in [5.41, 5.74) is 6.99. The van der Waals surface area contributed by atoms with E-state index in [2.05, 4.69) is 22.7 Å². The molecular weight excluding hydrogens is 230 g/mol. The Morgan fingerprint density at radius 1 is 1.44 bits per heavy atom. The van der Waals surface area contributed by atoms with Crippen molar-refractivity contribution in [2.75, 3.05) is 0 Å². The summed E-state index contributed by atoms with van der Waals surface area (Å²) in [4.78, 5) is 10.9. The van der Waals surface area contributed by atoms with Gasteiger partial charge in [0.05, 0.1) is 5.56 Å². The minimum absolute atomic E-state index is 0.0822. The summed E-state index contributed by atoms with van der Waals surface area (Å²) in [5.74, 6) is -1.49. The van der Waals surface area contributed by atoms with Crippen LogP contribution in [0.15, 0.2) is 29.4 Å². The van der Waals surface area contributed by atoms with Gasteiger partial charge in [-0.1, -0.05) is 12.1 Å². The van der Waals surface area contributed by atoms with Crippen molar-refractivity contribution in [3.05, 3.63) is 29.8 Å². The molecule has 7 heteroatoms. The number of carboxylic acid groups (broad SMARTS) is 1. The lowest BCUT2D eigenvalue weighted by Crippen LogP contribution is -2.28. The van der Waals surface area contributed by atoms with Crippen LogP contribution in [0.25, 0.3) is 0 Å². The van der Waals surface area contributed by atoms with Crippen molar-refractivity contribution in [1.82, 2.24) is 5.43 Å². The number of aliphatic carboxylic acids is 1. The van der Waals surface area contributed by atoms with Crippen molar-refractivity contribution in [2.24, 2.45) is 10.8 Å². The first kappa shape index (κ1) is 11.9. The smallest absolute Gasteiger partial charge is 0.357 e. The molecule has 0 heterocycles. The Kier molecular flexibility index (Phi) is 3.78. The number of nitrogens with two attached hydrogens (primary N) is 1. The Morgan fingerprint density at radius 2 is 2.06 bits per heavy atom.